The number of benzene rings is 2. The lowest BCUT2D eigenvalue weighted by atomic mass is 10.1. The summed E-state index contributed by atoms with van der Waals surface area (Å²) in [5.41, 5.74) is 6.47. The van der Waals surface area contributed by atoms with Gasteiger partial charge in [-0.2, -0.15) is 0 Å². The van der Waals surface area contributed by atoms with Crippen molar-refractivity contribution in [2.24, 2.45) is 5.73 Å². The van der Waals surface area contributed by atoms with Crippen LogP contribution in [0.2, 0.25) is 5.02 Å². The summed E-state index contributed by atoms with van der Waals surface area (Å²) in [6, 6.07) is 10.5. The first-order valence-corrected chi connectivity index (χ1v) is 6.53. The van der Waals surface area contributed by atoms with Gasteiger partial charge in [-0.05, 0) is 42.5 Å². The zero-order chi connectivity index (χ0) is 15.2. The summed E-state index contributed by atoms with van der Waals surface area (Å²) < 4.78 is 13.3. The van der Waals surface area contributed by atoms with Crippen molar-refractivity contribution in [1.29, 1.82) is 0 Å². The molecule has 3 N–H and O–H groups in total. The van der Waals surface area contributed by atoms with Gasteiger partial charge in [-0.15, -0.1) is 0 Å². The second-order valence-corrected chi connectivity index (χ2v) is 4.59. The van der Waals surface area contributed by atoms with Crippen molar-refractivity contribution < 1.29 is 9.18 Å². The molecule has 5 heteroatoms. The third-order valence-electron chi connectivity index (χ3n) is 2.65. The molecular formula is C16H12ClFN2O. The average Bonchev–Trinajstić information content (AvgIpc) is 2.47. The first-order chi connectivity index (χ1) is 10.1. The van der Waals surface area contributed by atoms with Crippen molar-refractivity contribution in [3.05, 3.63) is 64.4 Å². The third kappa shape index (κ3) is 4.06. The molecule has 0 aliphatic rings. The second-order valence-electron chi connectivity index (χ2n) is 4.16. The summed E-state index contributed by atoms with van der Waals surface area (Å²) in [6.45, 7) is 0.134. The molecule has 2 aromatic rings. The molecule has 106 valence electrons. The summed E-state index contributed by atoms with van der Waals surface area (Å²) in [4.78, 5) is 12.2. The highest BCUT2D eigenvalue weighted by Crippen LogP contribution is 2.16. The molecule has 0 fully saturated rings. The molecule has 0 aliphatic heterocycles. The standard InChI is InChI=1S/C16H12ClFN2O/c17-12-3-6-14(7-4-12)20-16(21)15-8-5-13(18)10-11(15)2-1-9-19/h3-8,10H,9,19H2,(H,20,21). The minimum Gasteiger partial charge on any atom is -0.322 e. The van der Waals surface area contributed by atoms with Crippen LogP contribution in [0.25, 0.3) is 0 Å². The summed E-state index contributed by atoms with van der Waals surface area (Å²) in [6.07, 6.45) is 0. The van der Waals surface area contributed by atoms with Gasteiger partial charge in [-0.3, -0.25) is 4.79 Å². The summed E-state index contributed by atoms with van der Waals surface area (Å²) in [5.74, 6) is 4.47. The number of nitrogens with one attached hydrogen (secondary N) is 1. The topological polar surface area (TPSA) is 55.1 Å². The number of halogens is 2. The molecule has 0 unspecified atom stereocenters. The maximum absolute atomic E-state index is 13.3. The fraction of sp³-hybridized carbons (Fsp3) is 0.0625. The lowest BCUT2D eigenvalue weighted by Crippen LogP contribution is -2.13. The van der Waals surface area contributed by atoms with Crippen LogP contribution in [0.4, 0.5) is 10.1 Å². The smallest absolute Gasteiger partial charge is 0.256 e. The number of carbonyl (C=O) groups excluding carboxylic acids is 1. The van der Waals surface area contributed by atoms with Crippen molar-refractivity contribution in [1.82, 2.24) is 0 Å². The minimum absolute atomic E-state index is 0.134. The molecule has 0 aromatic heterocycles. The van der Waals surface area contributed by atoms with E-state index in [2.05, 4.69) is 17.2 Å². The van der Waals surface area contributed by atoms with Crippen LogP contribution >= 0.6 is 11.6 Å². The molecule has 0 spiro atoms. The summed E-state index contributed by atoms with van der Waals surface area (Å²) in [5, 5.41) is 3.28. The van der Waals surface area contributed by atoms with Crippen LogP contribution in [0.5, 0.6) is 0 Å². The van der Waals surface area contributed by atoms with Crippen LogP contribution in [0, 0.1) is 17.7 Å². The van der Waals surface area contributed by atoms with Crippen molar-refractivity contribution in [3.8, 4) is 11.8 Å². The van der Waals surface area contributed by atoms with E-state index < -0.39 is 5.82 Å². The van der Waals surface area contributed by atoms with Gasteiger partial charge in [-0.25, -0.2) is 4.39 Å². The van der Waals surface area contributed by atoms with Crippen molar-refractivity contribution in [2.45, 2.75) is 0 Å². The lowest BCUT2D eigenvalue weighted by molar-refractivity contribution is 0.102. The Morgan fingerprint density at radius 3 is 2.62 bits per heavy atom. The zero-order valence-corrected chi connectivity index (χ0v) is 11.7. The Hall–Kier alpha value is -2.35. The summed E-state index contributed by atoms with van der Waals surface area (Å²) in [7, 11) is 0. The van der Waals surface area contributed by atoms with Gasteiger partial charge in [0.1, 0.15) is 5.82 Å². The maximum Gasteiger partial charge on any atom is 0.256 e. The predicted octanol–water partition coefficient (Wildman–Crippen LogP) is 3.04. The summed E-state index contributed by atoms with van der Waals surface area (Å²) >= 11 is 5.78. The number of anilines is 1. The Labute approximate surface area is 126 Å². The number of carbonyl (C=O) groups is 1. The largest absolute Gasteiger partial charge is 0.322 e. The molecule has 21 heavy (non-hydrogen) atoms. The zero-order valence-electron chi connectivity index (χ0n) is 11.0. The quantitative estimate of drug-likeness (QED) is 0.838. The molecule has 0 saturated heterocycles. The molecule has 0 radical (unpaired) electrons. The van der Waals surface area contributed by atoms with Gasteiger partial charge in [0.05, 0.1) is 12.1 Å². The fourth-order valence-corrected chi connectivity index (χ4v) is 1.82. The van der Waals surface area contributed by atoms with E-state index in [4.69, 9.17) is 17.3 Å². The van der Waals surface area contributed by atoms with E-state index in [0.717, 1.165) is 0 Å². The third-order valence-corrected chi connectivity index (χ3v) is 2.91. The number of amides is 1. The Balaban J connectivity index is 2.28. The van der Waals surface area contributed by atoms with Gasteiger partial charge >= 0.3 is 0 Å². The SMILES string of the molecule is NCC#Cc1cc(F)ccc1C(=O)Nc1ccc(Cl)cc1. The van der Waals surface area contributed by atoms with Gasteiger partial charge in [0.25, 0.3) is 5.91 Å². The monoisotopic (exact) mass is 302 g/mol. The number of nitrogens with two attached hydrogens (primary N) is 1. The normalized spacial score (nSPS) is 9.67. The molecule has 0 aliphatic carbocycles. The number of hydrogen-bond donors (Lipinski definition) is 2. The van der Waals surface area contributed by atoms with Gasteiger partial charge < -0.3 is 11.1 Å². The minimum atomic E-state index is -0.459. The van der Waals surface area contributed by atoms with Gasteiger partial charge in [0.15, 0.2) is 0 Å². The van der Waals surface area contributed by atoms with E-state index in [1.54, 1.807) is 24.3 Å². The molecule has 0 atom stereocenters. The molecule has 2 rings (SSSR count). The van der Waals surface area contributed by atoms with Crippen LogP contribution in [0.15, 0.2) is 42.5 Å². The number of hydrogen-bond acceptors (Lipinski definition) is 2. The van der Waals surface area contributed by atoms with Crippen molar-refractivity contribution >= 4 is 23.2 Å². The molecule has 2 aromatic carbocycles. The van der Waals surface area contributed by atoms with Crippen molar-refractivity contribution in [2.75, 3.05) is 11.9 Å². The van der Waals surface area contributed by atoms with E-state index >= 15 is 0 Å². The fourth-order valence-electron chi connectivity index (χ4n) is 1.70. The van der Waals surface area contributed by atoms with Crippen LogP contribution in [0.3, 0.4) is 0 Å². The maximum atomic E-state index is 13.3. The predicted molar refractivity (Wildman–Crippen MR) is 81.7 cm³/mol. The van der Waals surface area contributed by atoms with Crippen molar-refractivity contribution in [3.63, 3.8) is 0 Å². The second kappa shape index (κ2) is 6.89. The highest BCUT2D eigenvalue weighted by Gasteiger charge is 2.11. The van der Waals surface area contributed by atoms with Crippen LogP contribution in [-0.4, -0.2) is 12.5 Å². The lowest BCUT2D eigenvalue weighted by Gasteiger charge is -2.07. The first-order valence-electron chi connectivity index (χ1n) is 6.15. The van der Waals surface area contributed by atoms with Crippen LogP contribution in [0.1, 0.15) is 15.9 Å². The Morgan fingerprint density at radius 1 is 1.24 bits per heavy atom. The Kier molecular flexibility index (Phi) is 4.94. The Bertz CT molecular complexity index is 717. The molecule has 0 bridgehead atoms. The molecule has 0 heterocycles. The van der Waals surface area contributed by atoms with Crippen LogP contribution in [-0.2, 0) is 0 Å². The molecular weight excluding hydrogens is 291 g/mol. The first kappa shape index (κ1) is 15.0. The number of rotatable bonds is 2. The van der Waals surface area contributed by atoms with E-state index in [1.165, 1.54) is 18.2 Å². The Morgan fingerprint density at radius 2 is 1.95 bits per heavy atom. The van der Waals surface area contributed by atoms with E-state index in [0.29, 0.717) is 16.3 Å². The average molecular weight is 303 g/mol. The highest BCUT2D eigenvalue weighted by atomic mass is 35.5. The van der Waals surface area contributed by atoms with E-state index in [9.17, 15) is 9.18 Å². The molecule has 0 saturated carbocycles. The van der Waals surface area contributed by atoms with Gasteiger partial charge in [0, 0.05) is 16.3 Å². The highest BCUT2D eigenvalue weighted by molar-refractivity contribution is 6.30. The van der Waals surface area contributed by atoms with Gasteiger partial charge in [0.2, 0.25) is 0 Å². The molecule has 3 nitrogen and oxygen atoms in total. The van der Waals surface area contributed by atoms with Gasteiger partial charge in [-0.1, -0.05) is 23.4 Å². The molecule has 1 amide bonds. The van der Waals surface area contributed by atoms with E-state index in [-0.39, 0.29) is 18.0 Å². The van der Waals surface area contributed by atoms with E-state index in [1.807, 2.05) is 0 Å². The van der Waals surface area contributed by atoms with Crippen LogP contribution < -0.4 is 11.1 Å².